The molecule has 1 unspecified atom stereocenters. The second-order valence-corrected chi connectivity index (χ2v) is 4.22. The van der Waals surface area contributed by atoms with E-state index in [0.717, 1.165) is 0 Å². The van der Waals surface area contributed by atoms with Gasteiger partial charge in [-0.05, 0) is 33.1 Å². The highest BCUT2D eigenvalue weighted by molar-refractivity contribution is 5.01. The lowest BCUT2D eigenvalue weighted by Gasteiger charge is -2.46. The second kappa shape index (κ2) is 2.69. The van der Waals surface area contributed by atoms with Gasteiger partial charge in [0, 0.05) is 11.6 Å². The lowest BCUT2D eigenvalue weighted by atomic mass is 9.76. The van der Waals surface area contributed by atoms with Crippen LogP contribution in [0.25, 0.3) is 0 Å². The van der Waals surface area contributed by atoms with E-state index in [2.05, 4.69) is 18.7 Å². The maximum atomic E-state index is 9.56. The van der Waals surface area contributed by atoms with Gasteiger partial charge in [0.1, 0.15) is 0 Å². The van der Waals surface area contributed by atoms with Crippen LogP contribution in [0.3, 0.4) is 0 Å². The van der Waals surface area contributed by atoms with Crippen LogP contribution < -0.4 is 0 Å². The number of hydrogen-bond donors (Lipinski definition) is 1. The molecule has 1 saturated carbocycles. The van der Waals surface area contributed by atoms with Crippen molar-refractivity contribution in [3.05, 3.63) is 0 Å². The molecule has 1 aliphatic heterocycles. The third-order valence-electron chi connectivity index (χ3n) is 3.13. The molecule has 3 nitrogen and oxygen atoms in total. The van der Waals surface area contributed by atoms with E-state index in [1.165, 1.54) is 19.3 Å². The summed E-state index contributed by atoms with van der Waals surface area (Å²) in [5.74, 6) is 0. The van der Waals surface area contributed by atoms with Gasteiger partial charge in [-0.25, -0.2) is 4.90 Å². The molecule has 2 aliphatic rings. The number of hydrogen-bond acceptors (Lipinski definition) is 3. The largest absolute Gasteiger partial charge is 0.356 e. The van der Waals surface area contributed by atoms with E-state index in [4.69, 9.17) is 4.74 Å². The normalized spacial score (nSPS) is 34.5. The highest BCUT2D eigenvalue weighted by atomic mass is 16.6. The monoisotopic (exact) mass is 171 g/mol. The summed E-state index contributed by atoms with van der Waals surface area (Å²) in [6.45, 7) is 4.93. The first-order chi connectivity index (χ1) is 5.66. The average Bonchev–Trinajstić information content (AvgIpc) is 2.25. The van der Waals surface area contributed by atoms with E-state index in [1.807, 2.05) is 0 Å². The van der Waals surface area contributed by atoms with Crippen molar-refractivity contribution in [1.82, 2.24) is 4.90 Å². The van der Waals surface area contributed by atoms with E-state index in [9.17, 15) is 5.11 Å². The molecule has 0 aromatic carbocycles. The average molecular weight is 171 g/mol. The molecule has 1 saturated heterocycles. The minimum atomic E-state index is -0.662. The van der Waals surface area contributed by atoms with Gasteiger partial charge in [0.2, 0.25) is 6.41 Å². The van der Waals surface area contributed by atoms with Crippen LogP contribution in [0.2, 0.25) is 0 Å². The van der Waals surface area contributed by atoms with Crippen molar-refractivity contribution in [1.29, 1.82) is 0 Å². The topological polar surface area (TPSA) is 32.7 Å². The van der Waals surface area contributed by atoms with Gasteiger partial charge in [-0.1, -0.05) is 0 Å². The minimum Gasteiger partial charge on any atom is -0.356 e. The van der Waals surface area contributed by atoms with Crippen molar-refractivity contribution in [3.8, 4) is 0 Å². The Morgan fingerprint density at radius 3 is 2.50 bits per heavy atom. The molecule has 70 valence electrons. The first-order valence-corrected chi connectivity index (χ1v) is 4.74. The number of aliphatic hydroxyl groups excluding tert-OH is 1. The quantitative estimate of drug-likeness (QED) is 0.637. The molecule has 0 aromatic heterocycles. The van der Waals surface area contributed by atoms with Crippen LogP contribution in [0.1, 0.15) is 33.1 Å². The minimum absolute atomic E-state index is 0.188. The summed E-state index contributed by atoms with van der Waals surface area (Å²) in [4.78, 5) is 2.11. The zero-order valence-electron chi connectivity index (χ0n) is 7.79. The van der Waals surface area contributed by atoms with Gasteiger partial charge < -0.3 is 9.84 Å². The predicted molar refractivity (Wildman–Crippen MR) is 45.5 cm³/mol. The molecule has 0 radical (unpaired) electrons. The smallest absolute Gasteiger partial charge is 0.216 e. The molecule has 3 heteroatoms. The van der Waals surface area contributed by atoms with Crippen molar-refractivity contribution in [3.63, 3.8) is 0 Å². The predicted octanol–water partition coefficient (Wildman–Crippen LogP) is 0.926. The number of rotatable bonds is 1. The van der Waals surface area contributed by atoms with Crippen LogP contribution in [0.15, 0.2) is 0 Å². The fraction of sp³-hybridized carbons (Fsp3) is 1.00. The number of aliphatic hydroxyl groups is 1. The third kappa shape index (κ3) is 1.00. The first kappa shape index (κ1) is 8.48. The number of nitrogens with zero attached hydrogens (tertiary/aromatic N) is 1. The number of ether oxygens (including phenoxy) is 1. The maximum Gasteiger partial charge on any atom is 0.216 e. The summed E-state index contributed by atoms with van der Waals surface area (Å²) >= 11 is 0. The molecule has 0 amide bonds. The Morgan fingerprint density at radius 1 is 1.50 bits per heavy atom. The molecule has 0 bridgehead atoms. The van der Waals surface area contributed by atoms with Gasteiger partial charge >= 0.3 is 0 Å². The highest BCUT2D eigenvalue weighted by Gasteiger charge is 2.51. The van der Waals surface area contributed by atoms with Crippen LogP contribution in [-0.4, -0.2) is 34.6 Å². The summed E-state index contributed by atoms with van der Waals surface area (Å²) in [5.41, 5.74) is 0.188. The van der Waals surface area contributed by atoms with Crippen molar-refractivity contribution in [2.75, 3.05) is 6.61 Å². The Kier molecular flexibility index (Phi) is 1.90. The highest BCUT2D eigenvalue weighted by Crippen LogP contribution is 2.43. The van der Waals surface area contributed by atoms with Gasteiger partial charge in [-0.2, -0.15) is 0 Å². The molecule has 2 fully saturated rings. The van der Waals surface area contributed by atoms with E-state index in [-0.39, 0.29) is 5.54 Å². The van der Waals surface area contributed by atoms with Crippen molar-refractivity contribution < 1.29 is 9.84 Å². The Morgan fingerprint density at radius 2 is 2.17 bits per heavy atom. The summed E-state index contributed by atoms with van der Waals surface area (Å²) in [5, 5.41) is 9.56. The second-order valence-electron chi connectivity index (χ2n) is 4.22. The van der Waals surface area contributed by atoms with E-state index < -0.39 is 6.41 Å². The van der Waals surface area contributed by atoms with Crippen molar-refractivity contribution in [2.24, 2.45) is 0 Å². The molecule has 1 N–H and O–H groups in total. The summed E-state index contributed by atoms with van der Waals surface area (Å²) in [6, 6.07) is 0.378. The molecular formula is C9H17NO2. The Balaban J connectivity index is 2.14. The van der Waals surface area contributed by atoms with Crippen LogP contribution in [0, 0.1) is 0 Å². The summed E-state index contributed by atoms with van der Waals surface area (Å²) < 4.78 is 5.27. The van der Waals surface area contributed by atoms with Crippen LogP contribution in [0.5, 0.6) is 0 Å². The van der Waals surface area contributed by atoms with E-state index in [0.29, 0.717) is 12.6 Å². The summed E-state index contributed by atoms with van der Waals surface area (Å²) in [7, 11) is 0. The van der Waals surface area contributed by atoms with Gasteiger partial charge in [0.15, 0.2) is 0 Å². The van der Waals surface area contributed by atoms with Crippen LogP contribution >= 0.6 is 0 Å². The molecule has 1 spiro atoms. The zero-order valence-corrected chi connectivity index (χ0v) is 7.79. The molecule has 0 aromatic rings. The van der Waals surface area contributed by atoms with E-state index >= 15 is 0 Å². The third-order valence-corrected chi connectivity index (χ3v) is 3.13. The summed E-state index contributed by atoms with van der Waals surface area (Å²) in [6.07, 6.45) is 2.98. The van der Waals surface area contributed by atoms with Gasteiger partial charge in [0.05, 0.1) is 6.61 Å². The zero-order chi connectivity index (χ0) is 8.77. The molecule has 1 heterocycles. The Hall–Kier alpha value is -0.120. The fourth-order valence-electron chi connectivity index (χ4n) is 2.41. The lowest BCUT2D eigenvalue weighted by molar-refractivity contribution is -0.156. The molecule has 12 heavy (non-hydrogen) atoms. The molecular weight excluding hydrogens is 154 g/mol. The lowest BCUT2D eigenvalue weighted by Crippen LogP contribution is -2.56. The SMILES string of the molecule is CC(C)N1C(O)OCC12CCC2. The van der Waals surface area contributed by atoms with Gasteiger partial charge in [0.25, 0.3) is 0 Å². The maximum absolute atomic E-state index is 9.56. The fourth-order valence-corrected chi connectivity index (χ4v) is 2.41. The molecule has 2 rings (SSSR count). The first-order valence-electron chi connectivity index (χ1n) is 4.74. The van der Waals surface area contributed by atoms with Crippen molar-refractivity contribution in [2.45, 2.75) is 51.1 Å². The van der Waals surface area contributed by atoms with Crippen LogP contribution in [-0.2, 0) is 4.74 Å². The van der Waals surface area contributed by atoms with E-state index in [1.54, 1.807) is 0 Å². The van der Waals surface area contributed by atoms with Gasteiger partial charge in [-0.3, -0.25) is 0 Å². The Bertz CT molecular complexity index is 177. The molecule has 1 aliphatic carbocycles. The van der Waals surface area contributed by atoms with Crippen molar-refractivity contribution >= 4 is 0 Å². The standard InChI is InChI=1S/C9H17NO2/c1-7(2)10-8(11)12-6-9(10)4-3-5-9/h7-8,11H,3-6H2,1-2H3. The van der Waals surface area contributed by atoms with Gasteiger partial charge in [-0.15, -0.1) is 0 Å². The van der Waals surface area contributed by atoms with Crippen LogP contribution in [0.4, 0.5) is 0 Å². The molecule has 1 atom stereocenters. The Labute approximate surface area is 73.3 Å².